The summed E-state index contributed by atoms with van der Waals surface area (Å²) in [6, 6.07) is 13.2. The Balaban J connectivity index is 2.00. The predicted octanol–water partition coefficient (Wildman–Crippen LogP) is 2.59. The number of carbonyl (C=O) groups excluding carboxylic acids is 1. The van der Waals surface area contributed by atoms with Crippen LogP contribution in [-0.2, 0) is 4.79 Å². The zero-order chi connectivity index (χ0) is 20.4. The van der Waals surface area contributed by atoms with Crippen LogP contribution in [0.2, 0.25) is 0 Å². The molecule has 2 N–H and O–H groups in total. The third-order valence-electron chi connectivity index (χ3n) is 4.67. The number of amides is 1. The molecule has 0 saturated heterocycles. The summed E-state index contributed by atoms with van der Waals surface area (Å²) in [5.74, 6) is -0.670. The summed E-state index contributed by atoms with van der Waals surface area (Å²) < 4.78 is 1.01. The highest BCUT2D eigenvalue weighted by Crippen LogP contribution is 2.20. The maximum atomic E-state index is 13.0. The van der Waals surface area contributed by atoms with E-state index in [1.54, 1.807) is 50.2 Å². The third-order valence-corrected chi connectivity index (χ3v) is 4.67. The van der Waals surface area contributed by atoms with Gasteiger partial charge in [0.2, 0.25) is 5.91 Å². The number of para-hydroxylation sites is 1. The van der Waals surface area contributed by atoms with Gasteiger partial charge in [0.15, 0.2) is 0 Å². The highest BCUT2D eigenvalue weighted by Gasteiger charge is 2.28. The van der Waals surface area contributed by atoms with E-state index >= 15 is 0 Å². The Morgan fingerprint density at radius 2 is 1.68 bits per heavy atom. The molecule has 0 aliphatic carbocycles. The molecule has 3 aromatic rings. The van der Waals surface area contributed by atoms with E-state index in [0.717, 1.165) is 10.3 Å². The van der Waals surface area contributed by atoms with Gasteiger partial charge in [0.05, 0.1) is 10.9 Å². The molecule has 7 nitrogen and oxygen atoms in total. The van der Waals surface area contributed by atoms with Crippen molar-refractivity contribution in [2.45, 2.75) is 19.9 Å². The van der Waals surface area contributed by atoms with Crippen LogP contribution in [0.3, 0.4) is 0 Å². The Morgan fingerprint density at radius 1 is 1.04 bits per heavy atom. The molecule has 146 valence electrons. The van der Waals surface area contributed by atoms with Crippen molar-refractivity contribution in [3.8, 4) is 0 Å². The zero-order valence-electron chi connectivity index (χ0n) is 16.4. The van der Waals surface area contributed by atoms with Crippen LogP contribution in [0.15, 0.2) is 58.1 Å². The van der Waals surface area contributed by atoms with E-state index in [-0.39, 0.29) is 5.92 Å². The minimum absolute atomic E-state index is 0.263. The van der Waals surface area contributed by atoms with Crippen molar-refractivity contribution in [1.82, 2.24) is 9.55 Å². The lowest BCUT2D eigenvalue weighted by molar-refractivity contribution is -0.120. The molecule has 0 spiro atoms. The molecule has 3 rings (SSSR count). The summed E-state index contributed by atoms with van der Waals surface area (Å²) in [5.41, 5.74) is 0.986. The highest BCUT2D eigenvalue weighted by molar-refractivity contribution is 5.94. The van der Waals surface area contributed by atoms with Gasteiger partial charge in [-0.3, -0.25) is 9.59 Å². The topological polar surface area (TPSA) is 87.2 Å². The number of nitrogens with one attached hydrogen (secondary N) is 2. The van der Waals surface area contributed by atoms with Gasteiger partial charge < -0.3 is 15.2 Å². The van der Waals surface area contributed by atoms with E-state index in [1.807, 2.05) is 31.1 Å². The average molecular weight is 380 g/mol. The molecular formula is C21H24N4O3. The Hall–Kier alpha value is -3.35. The first-order valence-corrected chi connectivity index (χ1v) is 9.11. The fraction of sp³-hybridized carbons (Fsp3) is 0.286. The smallest absolute Gasteiger partial charge is 0.329 e. The molecular weight excluding hydrogens is 356 g/mol. The number of benzene rings is 2. The summed E-state index contributed by atoms with van der Waals surface area (Å²) in [4.78, 5) is 43.2. The lowest BCUT2D eigenvalue weighted by Gasteiger charge is -2.22. The first-order valence-electron chi connectivity index (χ1n) is 9.11. The quantitative estimate of drug-likeness (QED) is 0.712. The number of rotatable bonds is 5. The van der Waals surface area contributed by atoms with E-state index in [1.165, 1.54) is 0 Å². The number of fused-ring (bicyclic) bond motifs is 1. The van der Waals surface area contributed by atoms with E-state index in [0.29, 0.717) is 16.6 Å². The lowest BCUT2D eigenvalue weighted by Crippen LogP contribution is -2.44. The van der Waals surface area contributed by atoms with Gasteiger partial charge in [-0.15, -0.1) is 0 Å². The molecule has 0 aliphatic rings. The Bertz CT molecular complexity index is 1110. The monoisotopic (exact) mass is 380 g/mol. The summed E-state index contributed by atoms with van der Waals surface area (Å²) in [6.45, 7) is 3.61. The summed E-state index contributed by atoms with van der Waals surface area (Å²) in [5, 5.41) is 3.19. The number of aromatic nitrogens is 2. The summed E-state index contributed by atoms with van der Waals surface area (Å²) in [7, 11) is 3.86. The number of carbonyl (C=O) groups is 1. The van der Waals surface area contributed by atoms with Crippen LogP contribution < -0.4 is 21.5 Å². The molecule has 1 amide bonds. The second-order valence-electron chi connectivity index (χ2n) is 7.27. The third kappa shape index (κ3) is 3.69. The summed E-state index contributed by atoms with van der Waals surface area (Å²) >= 11 is 0. The number of aromatic amines is 1. The molecule has 28 heavy (non-hydrogen) atoms. The van der Waals surface area contributed by atoms with Crippen molar-refractivity contribution < 1.29 is 4.79 Å². The fourth-order valence-electron chi connectivity index (χ4n) is 3.21. The normalized spacial score (nSPS) is 12.2. The Labute approximate surface area is 162 Å². The van der Waals surface area contributed by atoms with Gasteiger partial charge in [-0.2, -0.15) is 0 Å². The fourth-order valence-corrected chi connectivity index (χ4v) is 3.21. The largest absolute Gasteiger partial charge is 0.378 e. The van der Waals surface area contributed by atoms with Crippen molar-refractivity contribution in [3.05, 3.63) is 69.4 Å². The van der Waals surface area contributed by atoms with Gasteiger partial charge in [-0.05, 0) is 42.3 Å². The van der Waals surface area contributed by atoms with Crippen LogP contribution in [0.1, 0.15) is 19.9 Å². The molecule has 1 heterocycles. The lowest BCUT2D eigenvalue weighted by atomic mass is 10.0. The molecule has 0 bridgehead atoms. The molecule has 1 aromatic heterocycles. The minimum atomic E-state index is -0.936. The van der Waals surface area contributed by atoms with E-state index < -0.39 is 23.2 Å². The maximum Gasteiger partial charge on any atom is 0.329 e. The average Bonchev–Trinajstić information content (AvgIpc) is 2.65. The van der Waals surface area contributed by atoms with Gasteiger partial charge in [0.1, 0.15) is 6.04 Å². The van der Waals surface area contributed by atoms with Crippen LogP contribution in [0.5, 0.6) is 0 Å². The van der Waals surface area contributed by atoms with Crippen molar-refractivity contribution in [3.63, 3.8) is 0 Å². The predicted molar refractivity (Wildman–Crippen MR) is 112 cm³/mol. The number of anilines is 2. The van der Waals surface area contributed by atoms with Crippen molar-refractivity contribution in [1.29, 1.82) is 0 Å². The molecule has 7 heteroatoms. The van der Waals surface area contributed by atoms with E-state index in [2.05, 4.69) is 10.3 Å². The molecule has 1 unspecified atom stereocenters. The number of hydrogen-bond acceptors (Lipinski definition) is 4. The summed E-state index contributed by atoms with van der Waals surface area (Å²) in [6.07, 6.45) is 0. The second-order valence-corrected chi connectivity index (χ2v) is 7.27. The van der Waals surface area contributed by atoms with Crippen LogP contribution in [-0.4, -0.2) is 29.6 Å². The molecule has 0 aliphatic heterocycles. The standard InChI is InChI=1S/C21H24N4O3/c1-13(2)18(19(26)22-14-9-11-15(12-10-14)24(3)4)25-20(27)16-7-5-6-8-17(16)23-21(25)28/h5-13,18H,1-4H3,(H,22,26)(H,23,28). The number of H-pyrrole nitrogens is 1. The van der Waals surface area contributed by atoms with Gasteiger partial charge in [-0.25, -0.2) is 9.36 Å². The maximum absolute atomic E-state index is 13.0. The first-order chi connectivity index (χ1) is 13.3. The van der Waals surface area contributed by atoms with Crippen LogP contribution in [0.25, 0.3) is 10.9 Å². The van der Waals surface area contributed by atoms with E-state index in [4.69, 9.17) is 0 Å². The van der Waals surface area contributed by atoms with Crippen molar-refractivity contribution in [2.75, 3.05) is 24.3 Å². The molecule has 0 radical (unpaired) electrons. The molecule has 0 saturated carbocycles. The van der Waals surface area contributed by atoms with Gasteiger partial charge in [-0.1, -0.05) is 26.0 Å². The van der Waals surface area contributed by atoms with Crippen LogP contribution >= 0.6 is 0 Å². The molecule has 0 fully saturated rings. The Morgan fingerprint density at radius 3 is 2.29 bits per heavy atom. The van der Waals surface area contributed by atoms with Crippen molar-refractivity contribution >= 4 is 28.2 Å². The second kappa shape index (κ2) is 7.72. The highest BCUT2D eigenvalue weighted by atomic mass is 16.2. The number of nitrogens with zero attached hydrogens (tertiary/aromatic N) is 2. The molecule has 1 atom stereocenters. The van der Waals surface area contributed by atoms with Crippen LogP contribution in [0.4, 0.5) is 11.4 Å². The minimum Gasteiger partial charge on any atom is -0.378 e. The van der Waals surface area contributed by atoms with Gasteiger partial charge in [0.25, 0.3) is 5.56 Å². The van der Waals surface area contributed by atoms with Gasteiger partial charge >= 0.3 is 5.69 Å². The SMILES string of the molecule is CC(C)C(C(=O)Nc1ccc(N(C)C)cc1)n1c(=O)[nH]c2ccccc2c1=O. The molecule has 2 aromatic carbocycles. The van der Waals surface area contributed by atoms with Crippen molar-refractivity contribution in [2.24, 2.45) is 5.92 Å². The zero-order valence-corrected chi connectivity index (χ0v) is 16.4. The van der Waals surface area contributed by atoms with Crippen LogP contribution in [0, 0.1) is 5.92 Å². The Kier molecular flexibility index (Phi) is 5.35. The van der Waals surface area contributed by atoms with Gasteiger partial charge in [0, 0.05) is 25.5 Å². The first kappa shape index (κ1) is 19.4. The number of hydrogen-bond donors (Lipinski definition) is 2. The van der Waals surface area contributed by atoms with E-state index in [9.17, 15) is 14.4 Å².